The Morgan fingerprint density at radius 1 is 1.17 bits per heavy atom. The van der Waals surface area contributed by atoms with E-state index in [4.69, 9.17) is 9.15 Å². The molecule has 0 saturated heterocycles. The minimum absolute atomic E-state index is 0.0632. The van der Waals surface area contributed by atoms with Gasteiger partial charge in [0.2, 0.25) is 0 Å². The van der Waals surface area contributed by atoms with E-state index in [2.05, 4.69) is 0 Å². The van der Waals surface area contributed by atoms with Crippen LogP contribution >= 0.6 is 0 Å². The second-order valence-electron chi connectivity index (χ2n) is 3.87. The van der Waals surface area contributed by atoms with E-state index in [1.807, 2.05) is 19.1 Å². The van der Waals surface area contributed by atoms with Crippen molar-refractivity contribution in [3.05, 3.63) is 59.6 Å². The van der Waals surface area contributed by atoms with Gasteiger partial charge >= 0.3 is 0 Å². The minimum atomic E-state index is -0.0632. The van der Waals surface area contributed by atoms with Crippen molar-refractivity contribution in [3.63, 3.8) is 0 Å². The summed E-state index contributed by atoms with van der Waals surface area (Å²) in [4.78, 5) is 11.9. The number of ketones is 1. The monoisotopic (exact) mass is 242 g/mol. The van der Waals surface area contributed by atoms with E-state index >= 15 is 0 Å². The van der Waals surface area contributed by atoms with Gasteiger partial charge in [-0.2, -0.15) is 0 Å². The summed E-state index contributed by atoms with van der Waals surface area (Å²) in [5.74, 6) is 2.17. The van der Waals surface area contributed by atoms with Gasteiger partial charge in [-0.1, -0.05) is 0 Å². The van der Waals surface area contributed by atoms with Crippen LogP contribution in [0.2, 0.25) is 0 Å². The van der Waals surface area contributed by atoms with Gasteiger partial charge in [0.05, 0.1) is 7.11 Å². The Morgan fingerprint density at radius 2 is 1.89 bits per heavy atom. The number of hydrogen-bond acceptors (Lipinski definition) is 3. The molecule has 0 aliphatic heterocycles. The highest BCUT2D eigenvalue weighted by atomic mass is 16.5. The summed E-state index contributed by atoms with van der Waals surface area (Å²) in [6.45, 7) is 1.86. The van der Waals surface area contributed by atoms with Crippen LogP contribution in [0.25, 0.3) is 6.08 Å². The first-order valence-electron chi connectivity index (χ1n) is 5.62. The number of carbonyl (C=O) groups is 1. The van der Waals surface area contributed by atoms with Crippen LogP contribution in [-0.4, -0.2) is 12.9 Å². The summed E-state index contributed by atoms with van der Waals surface area (Å²) in [6, 6.07) is 10.7. The predicted octanol–water partition coefficient (Wildman–Crippen LogP) is 3.49. The van der Waals surface area contributed by atoms with E-state index in [0.717, 1.165) is 11.5 Å². The molecule has 3 nitrogen and oxygen atoms in total. The molecule has 0 radical (unpaired) electrons. The van der Waals surface area contributed by atoms with Crippen LogP contribution in [0.15, 0.2) is 46.9 Å². The lowest BCUT2D eigenvalue weighted by atomic mass is 10.1. The van der Waals surface area contributed by atoms with Gasteiger partial charge in [0.1, 0.15) is 17.3 Å². The zero-order chi connectivity index (χ0) is 13.0. The predicted molar refractivity (Wildman–Crippen MR) is 69.8 cm³/mol. The molecule has 0 unspecified atom stereocenters. The average Bonchev–Trinajstić information content (AvgIpc) is 2.82. The minimum Gasteiger partial charge on any atom is -0.497 e. The van der Waals surface area contributed by atoms with Gasteiger partial charge < -0.3 is 9.15 Å². The van der Waals surface area contributed by atoms with Gasteiger partial charge in [-0.3, -0.25) is 4.79 Å². The first kappa shape index (κ1) is 12.2. The number of hydrogen-bond donors (Lipinski definition) is 0. The van der Waals surface area contributed by atoms with E-state index < -0.39 is 0 Å². The van der Waals surface area contributed by atoms with Crippen LogP contribution in [0.4, 0.5) is 0 Å². The summed E-state index contributed by atoms with van der Waals surface area (Å²) < 4.78 is 10.4. The van der Waals surface area contributed by atoms with Crippen molar-refractivity contribution in [2.24, 2.45) is 0 Å². The Balaban J connectivity index is 2.09. The standard InChI is InChI=1S/C15H14O3/c1-11-3-6-14(18-11)9-10-15(16)12-4-7-13(17-2)8-5-12/h3-10H,1-2H3/b10-9+. The zero-order valence-corrected chi connectivity index (χ0v) is 10.3. The van der Waals surface area contributed by atoms with Crippen LogP contribution in [0.5, 0.6) is 5.75 Å². The Labute approximate surface area is 106 Å². The highest BCUT2D eigenvalue weighted by Crippen LogP contribution is 2.13. The fourth-order valence-corrected chi connectivity index (χ4v) is 1.55. The Bertz CT molecular complexity index is 562. The number of allylic oxidation sites excluding steroid dienone is 1. The van der Waals surface area contributed by atoms with Crippen molar-refractivity contribution < 1.29 is 13.9 Å². The van der Waals surface area contributed by atoms with Crippen molar-refractivity contribution in [1.29, 1.82) is 0 Å². The van der Waals surface area contributed by atoms with Crippen LogP contribution in [0.1, 0.15) is 21.9 Å². The second-order valence-corrected chi connectivity index (χ2v) is 3.87. The van der Waals surface area contributed by atoms with Crippen LogP contribution < -0.4 is 4.74 Å². The van der Waals surface area contributed by atoms with Crippen LogP contribution in [-0.2, 0) is 0 Å². The van der Waals surface area contributed by atoms with Gasteiger partial charge in [-0.15, -0.1) is 0 Å². The Morgan fingerprint density at radius 3 is 2.44 bits per heavy atom. The third kappa shape index (κ3) is 2.88. The molecule has 2 rings (SSSR count). The molecule has 1 heterocycles. The average molecular weight is 242 g/mol. The zero-order valence-electron chi connectivity index (χ0n) is 10.3. The summed E-state index contributed by atoms with van der Waals surface area (Å²) >= 11 is 0. The lowest BCUT2D eigenvalue weighted by Crippen LogP contribution is -1.93. The topological polar surface area (TPSA) is 39.4 Å². The lowest BCUT2D eigenvalue weighted by Gasteiger charge is -1.99. The molecule has 0 aliphatic carbocycles. The maximum atomic E-state index is 11.9. The number of ether oxygens (including phenoxy) is 1. The van der Waals surface area contributed by atoms with E-state index in [9.17, 15) is 4.79 Å². The van der Waals surface area contributed by atoms with Gasteiger partial charge in [-0.25, -0.2) is 0 Å². The summed E-state index contributed by atoms with van der Waals surface area (Å²) in [7, 11) is 1.59. The molecular weight excluding hydrogens is 228 g/mol. The van der Waals surface area contributed by atoms with Crippen molar-refractivity contribution in [2.45, 2.75) is 6.92 Å². The van der Waals surface area contributed by atoms with Crippen molar-refractivity contribution in [1.82, 2.24) is 0 Å². The van der Waals surface area contributed by atoms with Gasteiger partial charge in [-0.05, 0) is 55.5 Å². The number of furan rings is 1. The smallest absolute Gasteiger partial charge is 0.185 e. The van der Waals surface area contributed by atoms with E-state index in [-0.39, 0.29) is 5.78 Å². The maximum Gasteiger partial charge on any atom is 0.185 e. The molecular formula is C15H14O3. The molecule has 18 heavy (non-hydrogen) atoms. The second kappa shape index (κ2) is 5.36. The number of rotatable bonds is 4. The Kier molecular flexibility index (Phi) is 3.63. The first-order chi connectivity index (χ1) is 8.69. The fourth-order valence-electron chi connectivity index (χ4n) is 1.55. The molecule has 2 aromatic rings. The molecule has 0 atom stereocenters. The Hall–Kier alpha value is -2.29. The highest BCUT2D eigenvalue weighted by Gasteiger charge is 2.02. The third-order valence-electron chi connectivity index (χ3n) is 2.53. The molecule has 92 valence electrons. The van der Waals surface area contributed by atoms with Crippen LogP contribution in [0, 0.1) is 6.92 Å². The number of aryl methyl sites for hydroxylation is 1. The molecule has 0 bridgehead atoms. The number of carbonyl (C=O) groups excluding carboxylic acids is 1. The quantitative estimate of drug-likeness (QED) is 0.608. The van der Waals surface area contributed by atoms with Gasteiger partial charge in [0.15, 0.2) is 5.78 Å². The molecule has 0 fully saturated rings. The van der Waals surface area contributed by atoms with E-state index in [0.29, 0.717) is 11.3 Å². The molecule has 0 aliphatic rings. The molecule has 0 saturated carbocycles. The van der Waals surface area contributed by atoms with E-state index in [1.54, 1.807) is 37.5 Å². The fraction of sp³-hybridized carbons (Fsp3) is 0.133. The van der Waals surface area contributed by atoms with Crippen molar-refractivity contribution in [2.75, 3.05) is 7.11 Å². The SMILES string of the molecule is COc1ccc(C(=O)/C=C/c2ccc(C)o2)cc1. The van der Waals surface area contributed by atoms with Gasteiger partial charge in [0.25, 0.3) is 0 Å². The summed E-state index contributed by atoms with van der Waals surface area (Å²) in [6.07, 6.45) is 3.17. The first-order valence-corrected chi connectivity index (χ1v) is 5.62. The largest absolute Gasteiger partial charge is 0.497 e. The molecule has 0 spiro atoms. The molecule has 3 heteroatoms. The van der Waals surface area contributed by atoms with Crippen molar-refractivity contribution in [3.8, 4) is 5.75 Å². The number of benzene rings is 1. The maximum absolute atomic E-state index is 11.9. The summed E-state index contributed by atoms with van der Waals surface area (Å²) in [5.41, 5.74) is 0.621. The van der Waals surface area contributed by atoms with Gasteiger partial charge in [0, 0.05) is 5.56 Å². The number of methoxy groups -OCH3 is 1. The third-order valence-corrected chi connectivity index (χ3v) is 2.53. The molecule has 1 aromatic carbocycles. The molecule has 0 N–H and O–H groups in total. The van der Waals surface area contributed by atoms with E-state index in [1.165, 1.54) is 6.08 Å². The van der Waals surface area contributed by atoms with Crippen molar-refractivity contribution >= 4 is 11.9 Å². The summed E-state index contributed by atoms with van der Waals surface area (Å²) in [5, 5.41) is 0. The highest BCUT2D eigenvalue weighted by molar-refractivity contribution is 6.06. The normalized spacial score (nSPS) is 10.8. The lowest BCUT2D eigenvalue weighted by molar-refractivity contribution is 0.104. The molecule has 0 amide bonds. The molecule has 1 aromatic heterocycles. The van der Waals surface area contributed by atoms with Crippen LogP contribution in [0.3, 0.4) is 0 Å².